The van der Waals surface area contributed by atoms with E-state index in [9.17, 15) is 23.6 Å². The van der Waals surface area contributed by atoms with Crippen LogP contribution in [-0.4, -0.2) is 75.1 Å². The standard InChI is InChI=1S/C30H32FN5O4/c1-30(2,31)29(40)34-13-11-20(12-14-34)35-17-18(16-32-35)15-19-7-8-23-26-21(19)5-4-6-22(26)27(38)36(23)24-9-10-25(37)33(3)28(24)39/h4-8,16-17,20,24H,9-15H2,1-3H3. The maximum atomic E-state index is 14.1. The van der Waals surface area contributed by atoms with Crippen LogP contribution in [0.1, 0.15) is 67.1 Å². The fourth-order valence-corrected chi connectivity index (χ4v) is 6.27. The van der Waals surface area contributed by atoms with E-state index in [0.717, 1.165) is 26.8 Å². The molecule has 0 aliphatic carbocycles. The van der Waals surface area contributed by atoms with Crippen molar-refractivity contribution in [2.45, 2.75) is 63.7 Å². The molecule has 4 amide bonds. The van der Waals surface area contributed by atoms with E-state index in [2.05, 4.69) is 5.10 Å². The summed E-state index contributed by atoms with van der Waals surface area (Å²) in [6, 6.07) is 8.98. The smallest absolute Gasteiger partial charge is 0.259 e. The van der Waals surface area contributed by atoms with E-state index in [1.165, 1.54) is 20.9 Å². The third kappa shape index (κ3) is 4.26. The van der Waals surface area contributed by atoms with Gasteiger partial charge in [-0.3, -0.25) is 33.7 Å². The molecule has 6 rings (SSSR count). The maximum Gasteiger partial charge on any atom is 0.259 e. The molecule has 2 fully saturated rings. The number of imide groups is 1. The van der Waals surface area contributed by atoms with Gasteiger partial charge in [0.05, 0.1) is 17.9 Å². The van der Waals surface area contributed by atoms with E-state index < -0.39 is 17.6 Å². The number of anilines is 1. The Morgan fingerprint density at radius 1 is 1.07 bits per heavy atom. The lowest BCUT2D eigenvalue weighted by Crippen LogP contribution is -2.54. The number of alkyl halides is 1. The van der Waals surface area contributed by atoms with Crippen molar-refractivity contribution in [3.8, 4) is 0 Å². The molecule has 0 radical (unpaired) electrons. The van der Waals surface area contributed by atoms with Crippen LogP contribution in [0.15, 0.2) is 42.7 Å². The van der Waals surface area contributed by atoms with E-state index in [0.29, 0.717) is 50.0 Å². The molecule has 1 aromatic heterocycles. The minimum Gasteiger partial charge on any atom is -0.340 e. The number of aromatic nitrogens is 2. The van der Waals surface area contributed by atoms with Gasteiger partial charge >= 0.3 is 0 Å². The number of benzene rings is 2. The molecule has 9 nitrogen and oxygen atoms in total. The molecule has 0 spiro atoms. The molecule has 1 unspecified atom stereocenters. The summed E-state index contributed by atoms with van der Waals surface area (Å²) in [5.41, 5.74) is 1.47. The van der Waals surface area contributed by atoms with Crippen LogP contribution in [0.4, 0.5) is 10.1 Å². The van der Waals surface area contributed by atoms with Crippen LogP contribution < -0.4 is 4.90 Å². The van der Waals surface area contributed by atoms with Gasteiger partial charge in [-0.05, 0) is 61.8 Å². The largest absolute Gasteiger partial charge is 0.340 e. The summed E-state index contributed by atoms with van der Waals surface area (Å²) in [6.45, 7) is 3.59. The molecular weight excluding hydrogens is 513 g/mol. The van der Waals surface area contributed by atoms with Crippen molar-refractivity contribution in [1.82, 2.24) is 19.6 Å². The van der Waals surface area contributed by atoms with Crippen LogP contribution in [-0.2, 0) is 20.8 Å². The summed E-state index contributed by atoms with van der Waals surface area (Å²) in [5, 5.41) is 6.38. The topological polar surface area (TPSA) is 95.8 Å². The normalized spacial score (nSPS) is 20.2. The number of hydrogen-bond acceptors (Lipinski definition) is 5. The van der Waals surface area contributed by atoms with Crippen molar-refractivity contribution >= 4 is 40.1 Å². The van der Waals surface area contributed by atoms with Crippen LogP contribution in [0.3, 0.4) is 0 Å². The molecule has 2 aromatic carbocycles. The third-order valence-corrected chi connectivity index (χ3v) is 8.43. The Balaban J connectivity index is 1.22. The number of amides is 4. The molecule has 0 N–H and O–H groups in total. The molecule has 1 atom stereocenters. The Morgan fingerprint density at radius 2 is 1.82 bits per heavy atom. The minimum absolute atomic E-state index is 0.137. The number of likely N-dealkylation sites (tertiary alicyclic amines) is 2. The van der Waals surface area contributed by atoms with Crippen molar-refractivity contribution in [1.29, 1.82) is 0 Å². The van der Waals surface area contributed by atoms with Crippen molar-refractivity contribution in [3.05, 3.63) is 59.4 Å². The van der Waals surface area contributed by atoms with Gasteiger partial charge in [-0.15, -0.1) is 0 Å². The van der Waals surface area contributed by atoms with E-state index in [4.69, 9.17) is 0 Å². The fraction of sp³-hybridized carbons (Fsp3) is 0.433. The average molecular weight is 546 g/mol. The Morgan fingerprint density at radius 3 is 2.55 bits per heavy atom. The van der Waals surface area contributed by atoms with Gasteiger partial charge in [0.1, 0.15) is 6.04 Å². The van der Waals surface area contributed by atoms with Crippen LogP contribution in [0.2, 0.25) is 0 Å². The lowest BCUT2D eigenvalue weighted by molar-refractivity contribution is -0.147. The zero-order chi connectivity index (χ0) is 28.3. The van der Waals surface area contributed by atoms with Crippen molar-refractivity contribution < 1.29 is 23.6 Å². The van der Waals surface area contributed by atoms with Gasteiger partial charge in [0.15, 0.2) is 5.67 Å². The molecule has 0 bridgehead atoms. The Bertz CT molecular complexity index is 1550. The molecule has 3 aromatic rings. The predicted molar refractivity (Wildman–Crippen MR) is 147 cm³/mol. The highest BCUT2D eigenvalue weighted by Gasteiger charge is 2.43. The highest BCUT2D eigenvalue weighted by Crippen LogP contribution is 2.42. The number of carbonyl (C=O) groups is 4. The lowest BCUT2D eigenvalue weighted by Gasteiger charge is -2.34. The predicted octanol–water partition coefficient (Wildman–Crippen LogP) is 3.65. The number of rotatable bonds is 5. The minimum atomic E-state index is -1.87. The maximum absolute atomic E-state index is 14.1. The van der Waals surface area contributed by atoms with E-state index in [1.807, 2.05) is 41.3 Å². The second kappa shape index (κ2) is 9.53. The highest BCUT2D eigenvalue weighted by molar-refractivity contribution is 6.27. The summed E-state index contributed by atoms with van der Waals surface area (Å²) < 4.78 is 16.0. The second-order valence-corrected chi connectivity index (χ2v) is 11.5. The van der Waals surface area contributed by atoms with Crippen LogP contribution in [0.25, 0.3) is 10.8 Å². The zero-order valence-corrected chi connectivity index (χ0v) is 22.9. The molecule has 2 saturated heterocycles. The second-order valence-electron chi connectivity index (χ2n) is 11.5. The monoisotopic (exact) mass is 545 g/mol. The van der Waals surface area contributed by atoms with Crippen LogP contribution in [0, 0.1) is 0 Å². The number of halogens is 1. The first kappa shape index (κ1) is 26.2. The molecular formula is C30H32FN5O4. The van der Waals surface area contributed by atoms with Crippen LogP contribution >= 0.6 is 0 Å². The number of likely N-dealkylation sites (N-methyl/N-ethyl adjacent to an activating group) is 1. The summed E-state index contributed by atoms with van der Waals surface area (Å²) in [7, 11) is 1.47. The molecule has 3 aliphatic rings. The van der Waals surface area contributed by atoms with Crippen LogP contribution in [0.5, 0.6) is 0 Å². The van der Waals surface area contributed by atoms with Crippen molar-refractivity contribution in [3.63, 3.8) is 0 Å². The number of nitrogens with zero attached hydrogens (tertiary/aromatic N) is 5. The Labute approximate surface area is 231 Å². The van der Waals surface area contributed by atoms with Gasteiger partial charge in [-0.1, -0.05) is 18.2 Å². The highest BCUT2D eigenvalue weighted by atomic mass is 19.1. The molecule has 10 heteroatoms. The Kier molecular flexibility index (Phi) is 6.23. The molecule has 4 heterocycles. The van der Waals surface area contributed by atoms with E-state index >= 15 is 0 Å². The van der Waals surface area contributed by atoms with Gasteiger partial charge in [-0.2, -0.15) is 5.10 Å². The SMILES string of the molecule is CN1C(=O)CCC(N2C(=O)c3cccc4c(Cc5cnn(C6CCN(C(=O)C(C)(C)F)CC6)c5)ccc2c34)C1=O. The summed E-state index contributed by atoms with van der Waals surface area (Å²) in [6.07, 6.45) is 6.43. The van der Waals surface area contributed by atoms with Gasteiger partial charge in [0.2, 0.25) is 5.91 Å². The Hall–Kier alpha value is -4.08. The van der Waals surface area contributed by atoms with Gasteiger partial charge in [0, 0.05) is 50.1 Å². The first-order valence-corrected chi connectivity index (χ1v) is 13.7. The van der Waals surface area contributed by atoms with E-state index in [1.54, 1.807) is 15.9 Å². The number of carbonyl (C=O) groups excluding carboxylic acids is 4. The van der Waals surface area contributed by atoms with Gasteiger partial charge < -0.3 is 4.90 Å². The lowest BCUT2D eigenvalue weighted by atomic mass is 9.97. The van der Waals surface area contributed by atoms with Crippen molar-refractivity contribution in [2.75, 3.05) is 25.0 Å². The molecule has 208 valence electrons. The van der Waals surface area contributed by atoms with Gasteiger partial charge in [-0.25, -0.2) is 4.39 Å². The summed E-state index contributed by atoms with van der Waals surface area (Å²) >= 11 is 0. The molecule has 3 aliphatic heterocycles. The first-order valence-electron chi connectivity index (χ1n) is 13.7. The molecule has 40 heavy (non-hydrogen) atoms. The number of piperidine rings is 2. The van der Waals surface area contributed by atoms with E-state index in [-0.39, 0.29) is 30.2 Å². The number of hydrogen-bond donors (Lipinski definition) is 0. The summed E-state index contributed by atoms with van der Waals surface area (Å²) in [4.78, 5) is 55.0. The average Bonchev–Trinajstić information content (AvgIpc) is 3.52. The zero-order valence-electron chi connectivity index (χ0n) is 22.9. The quantitative estimate of drug-likeness (QED) is 0.456. The van der Waals surface area contributed by atoms with Crippen molar-refractivity contribution in [2.24, 2.45) is 0 Å². The van der Waals surface area contributed by atoms with Gasteiger partial charge in [0.25, 0.3) is 17.7 Å². The summed E-state index contributed by atoms with van der Waals surface area (Å²) in [5.74, 6) is -1.27. The fourth-order valence-electron chi connectivity index (χ4n) is 6.27. The molecule has 0 saturated carbocycles. The third-order valence-electron chi connectivity index (χ3n) is 8.43. The first-order chi connectivity index (χ1) is 19.0.